The maximum Gasteiger partial charge on any atom is 0.416 e. The van der Waals surface area contributed by atoms with E-state index in [0.717, 1.165) is 6.07 Å². The van der Waals surface area contributed by atoms with Crippen molar-refractivity contribution in [2.24, 2.45) is 4.99 Å². The van der Waals surface area contributed by atoms with Crippen molar-refractivity contribution in [3.8, 4) is 0 Å². The van der Waals surface area contributed by atoms with Crippen LogP contribution in [0.4, 0.5) is 13.2 Å². The first kappa shape index (κ1) is 18.8. The standard InChI is InChI=1S/C16H19F3N2O2S/c1-10(11-6-3-4-7-12(11)16(17,18)19)20-14-21-13(23)15(2,24-14)8-5-9-22/h3-4,6-7,10,22H,5,8-9H2,1-2H3,(H,20,21,23)/t10-,15+/m0/s1. The van der Waals surface area contributed by atoms with Crippen molar-refractivity contribution in [2.45, 2.75) is 43.7 Å². The molecule has 1 aliphatic rings. The summed E-state index contributed by atoms with van der Waals surface area (Å²) in [6.45, 7) is 3.30. The minimum absolute atomic E-state index is 0.0262. The van der Waals surface area contributed by atoms with Crippen LogP contribution in [0.5, 0.6) is 0 Å². The van der Waals surface area contributed by atoms with Crippen LogP contribution in [0.25, 0.3) is 0 Å². The van der Waals surface area contributed by atoms with Gasteiger partial charge in [0.05, 0.1) is 11.6 Å². The van der Waals surface area contributed by atoms with E-state index in [2.05, 4.69) is 10.3 Å². The number of benzene rings is 1. The maximum atomic E-state index is 13.1. The molecule has 0 spiro atoms. The number of rotatable bonds is 5. The van der Waals surface area contributed by atoms with Gasteiger partial charge in [-0.25, -0.2) is 0 Å². The van der Waals surface area contributed by atoms with E-state index in [1.54, 1.807) is 19.9 Å². The van der Waals surface area contributed by atoms with Gasteiger partial charge in [-0.1, -0.05) is 30.0 Å². The molecule has 1 aromatic rings. The van der Waals surface area contributed by atoms with E-state index in [-0.39, 0.29) is 18.1 Å². The molecule has 4 nitrogen and oxygen atoms in total. The van der Waals surface area contributed by atoms with Crippen LogP contribution >= 0.6 is 11.8 Å². The zero-order valence-electron chi connectivity index (χ0n) is 13.4. The number of carbonyl (C=O) groups is 1. The van der Waals surface area contributed by atoms with E-state index in [0.29, 0.717) is 18.0 Å². The van der Waals surface area contributed by atoms with Crippen LogP contribution in [0.1, 0.15) is 43.9 Å². The van der Waals surface area contributed by atoms with Crippen LogP contribution in [0.2, 0.25) is 0 Å². The van der Waals surface area contributed by atoms with Crippen molar-refractivity contribution < 1.29 is 23.1 Å². The Balaban J connectivity index is 2.13. The van der Waals surface area contributed by atoms with Gasteiger partial charge in [0.1, 0.15) is 4.75 Å². The van der Waals surface area contributed by atoms with Crippen molar-refractivity contribution in [1.82, 2.24) is 5.32 Å². The van der Waals surface area contributed by atoms with Crippen molar-refractivity contribution in [3.63, 3.8) is 0 Å². The summed E-state index contributed by atoms with van der Waals surface area (Å²) in [6, 6.07) is 4.68. The Morgan fingerprint density at radius 2 is 2.04 bits per heavy atom. The van der Waals surface area contributed by atoms with E-state index in [1.807, 2.05) is 0 Å². The third kappa shape index (κ3) is 4.10. The first-order valence-electron chi connectivity index (χ1n) is 7.53. The summed E-state index contributed by atoms with van der Waals surface area (Å²) in [4.78, 5) is 16.0. The summed E-state index contributed by atoms with van der Waals surface area (Å²) in [6.07, 6.45) is -3.53. The quantitative estimate of drug-likeness (QED) is 0.843. The zero-order valence-corrected chi connectivity index (χ0v) is 14.2. The Bertz CT molecular complexity index is 648. The highest BCUT2D eigenvalue weighted by Crippen LogP contribution is 2.39. The molecule has 2 rings (SSSR count). The highest BCUT2D eigenvalue weighted by molar-refractivity contribution is 8.16. The number of hydrogen-bond acceptors (Lipinski definition) is 4. The van der Waals surface area contributed by atoms with Crippen molar-refractivity contribution in [2.75, 3.05) is 6.61 Å². The average molecular weight is 360 g/mol. The summed E-state index contributed by atoms with van der Waals surface area (Å²) >= 11 is 1.19. The van der Waals surface area contributed by atoms with E-state index < -0.39 is 22.5 Å². The van der Waals surface area contributed by atoms with E-state index in [4.69, 9.17) is 5.11 Å². The molecular weight excluding hydrogens is 341 g/mol. The SMILES string of the molecule is C[C@H](NC1=NC(=O)[C@@](C)(CCCO)S1)c1ccccc1C(F)(F)F. The number of alkyl halides is 3. The monoisotopic (exact) mass is 360 g/mol. The highest BCUT2D eigenvalue weighted by Gasteiger charge is 2.41. The maximum absolute atomic E-state index is 13.1. The Hall–Kier alpha value is -1.54. The molecule has 0 saturated carbocycles. The fourth-order valence-electron chi connectivity index (χ4n) is 2.52. The number of nitrogens with zero attached hydrogens (tertiary/aromatic N) is 1. The molecule has 0 saturated heterocycles. The van der Waals surface area contributed by atoms with Gasteiger partial charge in [0.2, 0.25) is 0 Å². The van der Waals surface area contributed by atoms with Gasteiger partial charge in [-0.15, -0.1) is 0 Å². The molecule has 1 amide bonds. The van der Waals surface area contributed by atoms with Gasteiger partial charge in [-0.2, -0.15) is 18.2 Å². The predicted octanol–water partition coefficient (Wildman–Crippen LogP) is 3.52. The summed E-state index contributed by atoms with van der Waals surface area (Å²) in [5, 5.41) is 12.1. The number of halogens is 3. The van der Waals surface area contributed by atoms with E-state index in [1.165, 1.54) is 23.9 Å². The van der Waals surface area contributed by atoms with Crippen LogP contribution < -0.4 is 5.32 Å². The second kappa shape index (κ2) is 7.14. The molecule has 1 heterocycles. The normalized spacial score (nSPS) is 22.4. The third-order valence-electron chi connectivity index (χ3n) is 3.86. The number of carbonyl (C=O) groups excluding carboxylic acids is 1. The topological polar surface area (TPSA) is 61.7 Å². The number of aliphatic imine (C=N–C) groups is 1. The molecule has 24 heavy (non-hydrogen) atoms. The van der Waals surface area contributed by atoms with Crippen LogP contribution in [0.15, 0.2) is 29.3 Å². The third-order valence-corrected chi connectivity index (χ3v) is 5.09. The lowest BCUT2D eigenvalue weighted by Crippen LogP contribution is -2.29. The second-order valence-electron chi connectivity index (χ2n) is 5.83. The average Bonchev–Trinajstić information content (AvgIpc) is 2.79. The predicted molar refractivity (Wildman–Crippen MR) is 87.8 cm³/mol. The molecule has 0 fully saturated rings. The lowest BCUT2D eigenvalue weighted by Gasteiger charge is -2.22. The number of amides is 1. The highest BCUT2D eigenvalue weighted by atomic mass is 32.2. The van der Waals surface area contributed by atoms with Gasteiger partial charge in [-0.3, -0.25) is 4.79 Å². The number of aliphatic hydroxyl groups excluding tert-OH is 1. The lowest BCUT2D eigenvalue weighted by atomic mass is 10.0. The van der Waals surface area contributed by atoms with Gasteiger partial charge in [0.15, 0.2) is 5.17 Å². The van der Waals surface area contributed by atoms with Gasteiger partial charge < -0.3 is 10.4 Å². The molecule has 0 bridgehead atoms. The molecule has 8 heteroatoms. The smallest absolute Gasteiger partial charge is 0.396 e. The van der Waals surface area contributed by atoms with Gasteiger partial charge in [0.25, 0.3) is 5.91 Å². The van der Waals surface area contributed by atoms with E-state index in [9.17, 15) is 18.0 Å². The molecular formula is C16H19F3N2O2S. The second-order valence-corrected chi connectivity index (χ2v) is 7.33. The van der Waals surface area contributed by atoms with Gasteiger partial charge in [-0.05, 0) is 38.3 Å². The fourth-order valence-corrected chi connectivity index (χ4v) is 3.69. The molecule has 2 N–H and O–H groups in total. The largest absolute Gasteiger partial charge is 0.416 e. The van der Waals surface area contributed by atoms with Crippen molar-refractivity contribution in [1.29, 1.82) is 0 Å². The Morgan fingerprint density at radius 1 is 1.38 bits per heavy atom. The van der Waals surface area contributed by atoms with E-state index >= 15 is 0 Å². The van der Waals surface area contributed by atoms with Crippen LogP contribution in [0, 0.1) is 0 Å². The zero-order chi connectivity index (χ0) is 18.0. The van der Waals surface area contributed by atoms with Crippen LogP contribution in [0.3, 0.4) is 0 Å². The number of hydrogen-bond donors (Lipinski definition) is 2. The molecule has 1 aromatic carbocycles. The molecule has 132 valence electrons. The van der Waals surface area contributed by atoms with Crippen LogP contribution in [-0.4, -0.2) is 27.5 Å². The Kier molecular flexibility index (Phi) is 5.59. The molecule has 0 aliphatic carbocycles. The van der Waals surface area contributed by atoms with Crippen LogP contribution in [-0.2, 0) is 11.0 Å². The van der Waals surface area contributed by atoms with Gasteiger partial charge in [0, 0.05) is 6.61 Å². The first-order valence-corrected chi connectivity index (χ1v) is 8.34. The van der Waals surface area contributed by atoms with Crippen molar-refractivity contribution in [3.05, 3.63) is 35.4 Å². The molecule has 0 radical (unpaired) electrons. The summed E-state index contributed by atoms with van der Waals surface area (Å²) in [7, 11) is 0. The fraction of sp³-hybridized carbons (Fsp3) is 0.500. The number of thioether (sulfide) groups is 1. The first-order chi connectivity index (χ1) is 11.2. The van der Waals surface area contributed by atoms with Crippen molar-refractivity contribution >= 4 is 22.8 Å². The molecule has 1 aliphatic heterocycles. The number of aliphatic hydroxyl groups is 1. The summed E-state index contributed by atoms with van der Waals surface area (Å²) in [5.41, 5.74) is -0.604. The molecule has 0 aromatic heterocycles. The molecule has 0 unspecified atom stereocenters. The number of amidine groups is 1. The minimum atomic E-state index is -4.44. The molecule has 2 atom stereocenters. The lowest BCUT2D eigenvalue weighted by molar-refractivity contribution is -0.138. The number of nitrogens with one attached hydrogen (secondary N) is 1. The van der Waals surface area contributed by atoms with Gasteiger partial charge >= 0.3 is 6.18 Å². The Labute approximate surface area is 142 Å². The Morgan fingerprint density at radius 3 is 2.67 bits per heavy atom. The summed E-state index contributed by atoms with van der Waals surface area (Å²) in [5.74, 6) is -0.334. The minimum Gasteiger partial charge on any atom is -0.396 e. The summed E-state index contributed by atoms with van der Waals surface area (Å²) < 4.78 is 38.5.